The number of ether oxygens (including phenoxy) is 2. The second-order valence-electron chi connectivity index (χ2n) is 14.0. The molecule has 0 amide bonds. The van der Waals surface area contributed by atoms with Crippen LogP contribution in [0.4, 0.5) is 0 Å². The normalized spacial score (nSPS) is 52.5. The molecule has 1 saturated heterocycles. The van der Waals surface area contributed by atoms with E-state index in [9.17, 15) is 30.3 Å². The lowest BCUT2D eigenvalue weighted by atomic mass is 9.43. The van der Waals surface area contributed by atoms with Crippen molar-refractivity contribution >= 4 is 5.97 Å². The molecule has 4 unspecified atom stereocenters. The summed E-state index contributed by atoms with van der Waals surface area (Å²) in [6.45, 7) is 4.53. The van der Waals surface area contributed by atoms with Crippen LogP contribution in [0.3, 0.4) is 0 Å². The fourth-order valence-electron chi connectivity index (χ4n) is 10.4. The Hall–Kier alpha value is -1.11. The molecule has 6 rings (SSSR count). The molecule has 10 nitrogen and oxygen atoms in total. The number of rotatable bonds is 5. The molecule has 0 aromatic heterocycles. The predicted octanol–water partition coefficient (Wildman–Crippen LogP) is 1.28. The van der Waals surface area contributed by atoms with Gasteiger partial charge in [-0.05, 0) is 92.4 Å². The molecular formula is C30H47NO9. The van der Waals surface area contributed by atoms with Gasteiger partial charge in [-0.2, -0.15) is 5.06 Å². The van der Waals surface area contributed by atoms with Crippen molar-refractivity contribution in [2.45, 2.75) is 114 Å². The highest BCUT2D eigenvalue weighted by atomic mass is 16.7. The lowest BCUT2D eigenvalue weighted by Gasteiger charge is -2.64. The van der Waals surface area contributed by atoms with E-state index in [0.717, 1.165) is 63.4 Å². The van der Waals surface area contributed by atoms with Gasteiger partial charge in [0, 0.05) is 17.5 Å². The second kappa shape index (κ2) is 10.3. The van der Waals surface area contributed by atoms with Gasteiger partial charge in [-0.15, -0.1) is 0 Å². The number of nitrogens with zero attached hydrogens (tertiary/aromatic N) is 1. The largest absolute Gasteiger partial charge is 0.458 e. The molecule has 0 radical (unpaired) electrons. The number of carbonyl (C=O) groups excluding carboxylic acids is 1. The summed E-state index contributed by atoms with van der Waals surface area (Å²) in [5, 5.41) is 55.1. The molecule has 0 spiro atoms. The van der Waals surface area contributed by atoms with Gasteiger partial charge in [0.2, 0.25) is 0 Å². The van der Waals surface area contributed by atoms with Crippen molar-refractivity contribution in [2.24, 2.45) is 34.5 Å². The number of cyclic esters (lactones) is 1. The summed E-state index contributed by atoms with van der Waals surface area (Å²) in [6, 6.07) is -0.0549. The Morgan fingerprint density at radius 3 is 2.45 bits per heavy atom. The van der Waals surface area contributed by atoms with E-state index in [-0.39, 0.29) is 34.7 Å². The van der Waals surface area contributed by atoms with Crippen molar-refractivity contribution in [3.8, 4) is 0 Å². The lowest BCUT2D eigenvalue weighted by Crippen LogP contribution is -2.66. The van der Waals surface area contributed by atoms with E-state index in [2.05, 4.69) is 13.8 Å². The molecule has 0 aromatic rings. The van der Waals surface area contributed by atoms with Crippen LogP contribution in [0, 0.1) is 34.5 Å². The predicted molar refractivity (Wildman–Crippen MR) is 142 cm³/mol. The fourth-order valence-corrected chi connectivity index (χ4v) is 10.4. The first-order valence-corrected chi connectivity index (χ1v) is 15.2. The Balaban J connectivity index is 1.19. The average Bonchev–Trinajstić information content (AvgIpc) is 3.48. The van der Waals surface area contributed by atoms with E-state index < -0.39 is 42.9 Å². The summed E-state index contributed by atoms with van der Waals surface area (Å²) in [5.74, 6) is 0.949. The first-order chi connectivity index (χ1) is 19.0. The second-order valence-corrected chi connectivity index (χ2v) is 14.0. The van der Waals surface area contributed by atoms with Gasteiger partial charge in [-0.25, -0.2) is 4.79 Å². The quantitative estimate of drug-likeness (QED) is 0.244. The number of hydrogen-bond donors (Lipinski definition) is 5. The zero-order valence-corrected chi connectivity index (χ0v) is 23.9. The Kier molecular flexibility index (Phi) is 7.43. The minimum absolute atomic E-state index is 0.0549. The Morgan fingerprint density at radius 2 is 1.77 bits per heavy atom. The van der Waals surface area contributed by atoms with E-state index in [1.165, 1.54) is 7.11 Å². The van der Waals surface area contributed by atoms with Gasteiger partial charge >= 0.3 is 5.97 Å². The number of hydroxylamine groups is 2. The number of esters is 1. The minimum Gasteiger partial charge on any atom is -0.458 e. The first-order valence-electron chi connectivity index (χ1n) is 15.2. The maximum absolute atomic E-state index is 12.4. The van der Waals surface area contributed by atoms with Gasteiger partial charge in [0.25, 0.3) is 0 Å². The molecule has 2 aliphatic heterocycles. The zero-order chi connectivity index (χ0) is 28.6. The Labute approximate surface area is 236 Å². The van der Waals surface area contributed by atoms with Crippen molar-refractivity contribution in [1.29, 1.82) is 0 Å². The van der Waals surface area contributed by atoms with Crippen LogP contribution in [-0.2, 0) is 19.1 Å². The number of hydrogen-bond acceptors (Lipinski definition) is 10. The maximum Gasteiger partial charge on any atom is 0.331 e. The molecule has 5 N–H and O–H groups in total. The summed E-state index contributed by atoms with van der Waals surface area (Å²) in [4.78, 5) is 17.6. The SMILES string of the molecule is CON(C1O[C@H](CO)[C@@H](O)[C@@H](O)[C@@H]1O)[C@@H]1CC[C@@]2(C)C(CCC3C2CC[C@]2(C)[C@@H](C4=CC(=O)OC4)CC[C@]32O)C1. The van der Waals surface area contributed by atoms with Crippen molar-refractivity contribution < 1.29 is 44.6 Å². The molecular weight excluding hydrogens is 518 g/mol. The monoisotopic (exact) mass is 565 g/mol. The average molecular weight is 566 g/mol. The van der Waals surface area contributed by atoms with Crippen LogP contribution in [0.2, 0.25) is 0 Å². The molecule has 6 aliphatic rings. The van der Waals surface area contributed by atoms with Gasteiger partial charge in [0.05, 0.1) is 19.3 Å². The molecule has 5 fully saturated rings. The van der Waals surface area contributed by atoms with Crippen LogP contribution in [0.25, 0.3) is 0 Å². The van der Waals surface area contributed by atoms with Gasteiger partial charge < -0.3 is 35.0 Å². The van der Waals surface area contributed by atoms with E-state index in [1.807, 2.05) is 0 Å². The third kappa shape index (κ3) is 4.08. The van der Waals surface area contributed by atoms with Crippen LogP contribution in [0.1, 0.15) is 71.6 Å². The van der Waals surface area contributed by atoms with Crippen molar-refractivity contribution in [3.63, 3.8) is 0 Å². The molecule has 2 heterocycles. The third-order valence-electron chi connectivity index (χ3n) is 12.6. The molecule has 40 heavy (non-hydrogen) atoms. The van der Waals surface area contributed by atoms with Crippen molar-refractivity contribution in [2.75, 3.05) is 20.3 Å². The molecule has 0 aromatic carbocycles. The first kappa shape index (κ1) is 29.0. The Morgan fingerprint density at radius 1 is 1.00 bits per heavy atom. The van der Waals surface area contributed by atoms with Crippen molar-refractivity contribution in [1.82, 2.24) is 5.06 Å². The summed E-state index contributed by atoms with van der Waals surface area (Å²) < 4.78 is 11.1. The highest BCUT2D eigenvalue weighted by Crippen LogP contribution is 2.70. The van der Waals surface area contributed by atoms with Gasteiger partial charge in [-0.1, -0.05) is 13.8 Å². The van der Waals surface area contributed by atoms with Crippen LogP contribution in [0.15, 0.2) is 11.6 Å². The topological polar surface area (TPSA) is 149 Å². The molecule has 4 aliphatic carbocycles. The molecule has 4 saturated carbocycles. The summed E-state index contributed by atoms with van der Waals surface area (Å²) in [6.07, 6.45) is 3.63. The smallest absolute Gasteiger partial charge is 0.331 e. The van der Waals surface area contributed by atoms with Gasteiger partial charge in [-0.3, -0.25) is 4.84 Å². The molecule has 10 heteroatoms. The summed E-state index contributed by atoms with van der Waals surface area (Å²) >= 11 is 0. The molecule has 226 valence electrons. The molecule has 0 bridgehead atoms. The third-order valence-corrected chi connectivity index (χ3v) is 12.6. The number of aliphatic hydroxyl groups is 5. The van der Waals surface area contributed by atoms with Crippen LogP contribution < -0.4 is 0 Å². The van der Waals surface area contributed by atoms with Crippen molar-refractivity contribution in [3.05, 3.63) is 11.6 Å². The number of fused-ring (bicyclic) bond motifs is 5. The standard InChI is InChI=1S/C30H47NO9/c1-28-9-6-18(31(38-3)27-26(36)25(35)24(34)22(14-32)40-27)13-17(28)4-5-21-20(28)7-10-29(2)19(8-11-30(21,29)37)16-12-23(33)39-15-16/h12,17-22,24-27,32,34-37H,4-11,13-15H2,1-3H3/t17?,18-,19-,20?,21?,22-,24-,25-,26+,27?,28+,29-,30+/m1/s1. The maximum atomic E-state index is 12.4. The van der Waals surface area contributed by atoms with Crippen LogP contribution in [-0.4, -0.2) is 99.2 Å². The van der Waals surface area contributed by atoms with Gasteiger partial charge in [0.15, 0.2) is 6.23 Å². The van der Waals surface area contributed by atoms with Crippen LogP contribution >= 0.6 is 0 Å². The van der Waals surface area contributed by atoms with E-state index in [0.29, 0.717) is 18.4 Å². The highest BCUT2D eigenvalue weighted by molar-refractivity contribution is 5.85. The molecule has 13 atom stereocenters. The summed E-state index contributed by atoms with van der Waals surface area (Å²) in [5.41, 5.74) is 0.0988. The fraction of sp³-hybridized carbons (Fsp3) is 0.900. The van der Waals surface area contributed by atoms with Gasteiger partial charge in [0.1, 0.15) is 31.0 Å². The number of aliphatic hydroxyl groups excluding tert-OH is 4. The van der Waals surface area contributed by atoms with E-state index in [4.69, 9.17) is 14.3 Å². The van der Waals surface area contributed by atoms with E-state index >= 15 is 0 Å². The summed E-state index contributed by atoms with van der Waals surface area (Å²) in [7, 11) is 1.53. The Bertz CT molecular complexity index is 1020. The zero-order valence-electron chi connectivity index (χ0n) is 23.9. The minimum atomic E-state index is -1.45. The van der Waals surface area contributed by atoms with Crippen LogP contribution in [0.5, 0.6) is 0 Å². The lowest BCUT2D eigenvalue weighted by molar-refractivity contribution is -0.344. The number of carbonyl (C=O) groups is 1. The highest BCUT2D eigenvalue weighted by Gasteiger charge is 2.68. The van der Waals surface area contributed by atoms with E-state index in [1.54, 1.807) is 11.1 Å².